The van der Waals surface area contributed by atoms with Gasteiger partial charge in [0.2, 0.25) is 0 Å². The Labute approximate surface area is 97.3 Å². The molecule has 0 radical (unpaired) electrons. The van der Waals surface area contributed by atoms with Gasteiger partial charge in [-0.2, -0.15) is 0 Å². The average molecular weight is 244 g/mol. The van der Waals surface area contributed by atoms with E-state index in [1.54, 1.807) is 0 Å². The molecule has 0 spiro atoms. The van der Waals surface area contributed by atoms with Crippen molar-refractivity contribution in [3.05, 3.63) is 24.3 Å². The van der Waals surface area contributed by atoms with Crippen molar-refractivity contribution in [2.45, 2.75) is 19.2 Å². The molecular formula is C12H11F3O2. The zero-order valence-electron chi connectivity index (χ0n) is 8.96. The molecule has 17 heavy (non-hydrogen) atoms. The Morgan fingerprint density at radius 2 is 1.71 bits per heavy atom. The molecule has 0 fully saturated rings. The molecule has 0 bridgehead atoms. The summed E-state index contributed by atoms with van der Waals surface area (Å²) in [5, 5.41) is 0. The molecule has 0 heterocycles. The molecule has 0 amide bonds. The van der Waals surface area contributed by atoms with E-state index >= 15 is 0 Å². The Hall–Kier alpha value is -1.83. The first-order valence-electron chi connectivity index (χ1n) is 4.93. The molecule has 0 unspecified atom stereocenters. The minimum absolute atomic E-state index is 0.270. The van der Waals surface area contributed by atoms with Gasteiger partial charge in [0.1, 0.15) is 11.5 Å². The van der Waals surface area contributed by atoms with E-state index in [9.17, 15) is 13.2 Å². The van der Waals surface area contributed by atoms with Gasteiger partial charge in [-0.15, -0.1) is 25.5 Å². The van der Waals surface area contributed by atoms with Crippen molar-refractivity contribution in [2.75, 3.05) is 6.61 Å². The predicted octanol–water partition coefficient (Wildman–Crippen LogP) is 3.38. The number of hydrogen-bond acceptors (Lipinski definition) is 2. The number of ether oxygens (including phenoxy) is 2. The third-order valence-corrected chi connectivity index (χ3v) is 1.79. The maximum absolute atomic E-state index is 11.9. The van der Waals surface area contributed by atoms with Gasteiger partial charge in [0.05, 0.1) is 6.61 Å². The highest BCUT2D eigenvalue weighted by atomic mass is 19.4. The van der Waals surface area contributed by atoms with Gasteiger partial charge in [-0.3, -0.25) is 0 Å². The first kappa shape index (κ1) is 13.2. The highest BCUT2D eigenvalue weighted by Crippen LogP contribution is 2.24. The molecule has 0 saturated heterocycles. The van der Waals surface area contributed by atoms with Crippen LogP contribution in [0.15, 0.2) is 24.3 Å². The smallest absolute Gasteiger partial charge is 0.494 e. The molecule has 0 aliphatic carbocycles. The first-order chi connectivity index (χ1) is 8.01. The Morgan fingerprint density at radius 1 is 1.12 bits per heavy atom. The summed E-state index contributed by atoms with van der Waals surface area (Å²) in [4.78, 5) is 0. The Balaban J connectivity index is 2.43. The van der Waals surface area contributed by atoms with Gasteiger partial charge in [-0.05, 0) is 30.7 Å². The molecule has 1 aromatic rings. The number of alkyl halides is 3. The lowest BCUT2D eigenvalue weighted by Crippen LogP contribution is -2.16. The molecule has 0 aromatic heterocycles. The molecule has 2 nitrogen and oxygen atoms in total. The summed E-state index contributed by atoms with van der Waals surface area (Å²) in [5.74, 6) is 2.68. The van der Waals surface area contributed by atoms with E-state index < -0.39 is 6.36 Å². The SMILES string of the molecule is C#CCCCOc1ccc(OC(F)(F)F)cc1. The second-order valence-electron chi connectivity index (χ2n) is 3.18. The van der Waals surface area contributed by atoms with Crippen LogP contribution in [-0.2, 0) is 0 Å². The maximum atomic E-state index is 11.9. The second kappa shape index (κ2) is 6.04. The molecule has 0 saturated carbocycles. The van der Waals surface area contributed by atoms with Crippen LogP contribution in [0.25, 0.3) is 0 Å². The van der Waals surface area contributed by atoms with Crippen LogP contribution in [0.1, 0.15) is 12.8 Å². The lowest BCUT2D eigenvalue weighted by molar-refractivity contribution is -0.274. The third kappa shape index (κ3) is 5.71. The summed E-state index contributed by atoms with van der Waals surface area (Å²) in [6.45, 7) is 0.434. The molecule has 5 heteroatoms. The maximum Gasteiger partial charge on any atom is 0.573 e. The van der Waals surface area contributed by atoms with Crippen molar-refractivity contribution >= 4 is 0 Å². The van der Waals surface area contributed by atoms with E-state index in [1.807, 2.05) is 0 Å². The van der Waals surface area contributed by atoms with Crippen molar-refractivity contribution < 1.29 is 22.6 Å². The number of hydrogen-bond donors (Lipinski definition) is 0. The summed E-state index contributed by atoms with van der Waals surface area (Å²) in [7, 11) is 0. The quantitative estimate of drug-likeness (QED) is 0.584. The highest BCUT2D eigenvalue weighted by molar-refractivity contribution is 5.31. The van der Waals surface area contributed by atoms with Crippen LogP contribution in [0, 0.1) is 12.3 Å². The van der Waals surface area contributed by atoms with Gasteiger partial charge in [0.15, 0.2) is 0 Å². The fraction of sp³-hybridized carbons (Fsp3) is 0.333. The van der Waals surface area contributed by atoms with Crippen LogP contribution < -0.4 is 9.47 Å². The zero-order valence-corrected chi connectivity index (χ0v) is 8.96. The van der Waals surface area contributed by atoms with E-state index in [4.69, 9.17) is 11.2 Å². The molecule has 1 rings (SSSR count). The van der Waals surface area contributed by atoms with E-state index in [1.165, 1.54) is 24.3 Å². The van der Waals surface area contributed by atoms with Crippen molar-refractivity contribution in [1.82, 2.24) is 0 Å². The fourth-order valence-electron chi connectivity index (χ4n) is 1.10. The third-order valence-electron chi connectivity index (χ3n) is 1.79. The number of rotatable bonds is 5. The lowest BCUT2D eigenvalue weighted by Gasteiger charge is -2.09. The minimum atomic E-state index is -4.67. The summed E-state index contributed by atoms with van der Waals surface area (Å²) >= 11 is 0. The molecule has 0 aliphatic rings. The van der Waals surface area contributed by atoms with Crippen LogP contribution >= 0.6 is 0 Å². The van der Waals surface area contributed by atoms with Crippen molar-refractivity contribution in [2.24, 2.45) is 0 Å². The first-order valence-corrected chi connectivity index (χ1v) is 4.93. The van der Waals surface area contributed by atoms with Crippen molar-refractivity contribution in [1.29, 1.82) is 0 Å². The molecular weight excluding hydrogens is 233 g/mol. The van der Waals surface area contributed by atoms with Crippen LogP contribution in [0.2, 0.25) is 0 Å². The second-order valence-corrected chi connectivity index (χ2v) is 3.18. The monoisotopic (exact) mass is 244 g/mol. The van der Waals surface area contributed by atoms with E-state index in [-0.39, 0.29) is 5.75 Å². The predicted molar refractivity (Wildman–Crippen MR) is 56.7 cm³/mol. The molecule has 0 aliphatic heterocycles. The van der Waals surface area contributed by atoms with Gasteiger partial charge in [-0.25, -0.2) is 0 Å². The number of halogens is 3. The van der Waals surface area contributed by atoms with Gasteiger partial charge < -0.3 is 9.47 Å². The molecule has 1 aromatic carbocycles. The summed E-state index contributed by atoms with van der Waals surface area (Å²) in [5.41, 5.74) is 0. The van der Waals surface area contributed by atoms with Gasteiger partial charge >= 0.3 is 6.36 Å². The topological polar surface area (TPSA) is 18.5 Å². The normalized spacial score (nSPS) is 10.7. The van der Waals surface area contributed by atoms with E-state index in [0.29, 0.717) is 25.2 Å². The highest BCUT2D eigenvalue weighted by Gasteiger charge is 2.30. The van der Waals surface area contributed by atoms with Crippen LogP contribution in [0.3, 0.4) is 0 Å². The van der Waals surface area contributed by atoms with Crippen LogP contribution in [0.5, 0.6) is 11.5 Å². The molecule has 0 N–H and O–H groups in total. The summed E-state index contributed by atoms with van der Waals surface area (Å²) < 4.78 is 44.5. The average Bonchev–Trinajstić information content (AvgIpc) is 2.25. The van der Waals surface area contributed by atoms with Crippen LogP contribution in [0.4, 0.5) is 13.2 Å². The van der Waals surface area contributed by atoms with Crippen LogP contribution in [-0.4, -0.2) is 13.0 Å². The summed E-state index contributed by atoms with van der Waals surface area (Å²) in [6.07, 6.45) is 1.70. The largest absolute Gasteiger partial charge is 0.573 e. The number of benzene rings is 1. The Bertz CT molecular complexity index is 376. The minimum Gasteiger partial charge on any atom is -0.494 e. The molecule has 0 atom stereocenters. The number of terminal acetylenes is 1. The zero-order chi connectivity index (χ0) is 12.7. The number of unbranched alkanes of at least 4 members (excludes halogenated alkanes) is 1. The fourth-order valence-corrected chi connectivity index (χ4v) is 1.10. The Morgan fingerprint density at radius 3 is 2.24 bits per heavy atom. The summed E-state index contributed by atoms with van der Waals surface area (Å²) in [6, 6.07) is 5.22. The standard InChI is InChI=1S/C12H11F3O2/c1-2-3-4-9-16-10-5-7-11(8-6-10)17-12(13,14)15/h1,5-8H,3-4,9H2. The van der Waals surface area contributed by atoms with E-state index in [0.717, 1.165) is 0 Å². The van der Waals surface area contributed by atoms with Crippen molar-refractivity contribution in [3.63, 3.8) is 0 Å². The van der Waals surface area contributed by atoms with Crippen molar-refractivity contribution in [3.8, 4) is 23.8 Å². The molecule has 92 valence electrons. The van der Waals surface area contributed by atoms with Gasteiger partial charge in [-0.1, -0.05) is 0 Å². The Kier molecular flexibility index (Phi) is 4.70. The lowest BCUT2D eigenvalue weighted by atomic mass is 10.3. The van der Waals surface area contributed by atoms with Gasteiger partial charge in [0.25, 0.3) is 0 Å². The van der Waals surface area contributed by atoms with E-state index in [2.05, 4.69) is 10.7 Å². The van der Waals surface area contributed by atoms with Gasteiger partial charge in [0, 0.05) is 6.42 Å².